The van der Waals surface area contributed by atoms with Gasteiger partial charge in [0.25, 0.3) is 0 Å². The van der Waals surface area contributed by atoms with Crippen molar-refractivity contribution in [1.29, 1.82) is 0 Å². The number of carbonyl (C=O) groups is 1. The standard InChI is InChI=1S/C18H35N7O2S/c1-14-23-24-15(25(14)5)13-22-16(20-11-8-12-28-6)19-9-7-10-21-17(26)27-18(2,3)4/h7-13H2,1-6H3,(H,21,26)(H2,19,20,22). The van der Waals surface area contributed by atoms with Crippen LogP contribution in [0, 0.1) is 6.92 Å². The van der Waals surface area contributed by atoms with E-state index in [4.69, 9.17) is 4.74 Å². The van der Waals surface area contributed by atoms with E-state index < -0.39 is 11.7 Å². The molecule has 0 fully saturated rings. The number of thioether (sulfide) groups is 1. The third-order valence-electron chi connectivity index (χ3n) is 3.69. The van der Waals surface area contributed by atoms with Gasteiger partial charge in [0.2, 0.25) is 0 Å². The lowest BCUT2D eigenvalue weighted by Gasteiger charge is -2.19. The molecule has 0 aliphatic heterocycles. The summed E-state index contributed by atoms with van der Waals surface area (Å²) in [7, 11) is 1.93. The Morgan fingerprint density at radius 2 is 1.79 bits per heavy atom. The summed E-state index contributed by atoms with van der Waals surface area (Å²) in [6, 6.07) is 0. The molecule has 1 rings (SSSR count). The molecule has 9 nitrogen and oxygen atoms in total. The van der Waals surface area contributed by atoms with Gasteiger partial charge in [-0.15, -0.1) is 10.2 Å². The predicted octanol–water partition coefficient (Wildman–Crippen LogP) is 1.83. The number of ether oxygens (including phenoxy) is 1. The zero-order valence-corrected chi connectivity index (χ0v) is 18.8. The second-order valence-corrected chi connectivity index (χ2v) is 8.36. The van der Waals surface area contributed by atoms with Crippen LogP contribution in [0.2, 0.25) is 0 Å². The number of amides is 1. The molecule has 0 saturated carbocycles. The van der Waals surface area contributed by atoms with Crippen LogP contribution < -0.4 is 16.0 Å². The second kappa shape index (κ2) is 12.5. The van der Waals surface area contributed by atoms with E-state index in [1.54, 1.807) is 0 Å². The molecule has 1 heterocycles. The van der Waals surface area contributed by atoms with Crippen molar-refractivity contribution < 1.29 is 9.53 Å². The number of nitrogens with zero attached hydrogens (tertiary/aromatic N) is 4. The number of carbonyl (C=O) groups excluding carboxylic acids is 1. The lowest BCUT2D eigenvalue weighted by molar-refractivity contribution is 0.0527. The van der Waals surface area contributed by atoms with Crippen LogP contribution in [0.5, 0.6) is 0 Å². The Labute approximate surface area is 172 Å². The average molecular weight is 414 g/mol. The first-order chi connectivity index (χ1) is 13.2. The molecule has 160 valence electrons. The van der Waals surface area contributed by atoms with Crippen LogP contribution in [0.15, 0.2) is 4.99 Å². The Morgan fingerprint density at radius 3 is 2.36 bits per heavy atom. The monoisotopic (exact) mass is 413 g/mol. The molecule has 0 saturated heterocycles. The summed E-state index contributed by atoms with van der Waals surface area (Å²) < 4.78 is 7.15. The summed E-state index contributed by atoms with van der Waals surface area (Å²) in [5.41, 5.74) is -0.485. The Hall–Kier alpha value is -1.97. The van der Waals surface area contributed by atoms with Gasteiger partial charge in [-0.25, -0.2) is 9.79 Å². The third-order valence-corrected chi connectivity index (χ3v) is 4.39. The van der Waals surface area contributed by atoms with E-state index in [-0.39, 0.29) is 0 Å². The highest BCUT2D eigenvalue weighted by molar-refractivity contribution is 7.98. The molecule has 0 aliphatic carbocycles. The first kappa shape index (κ1) is 24.1. The van der Waals surface area contributed by atoms with Crippen LogP contribution in [-0.4, -0.2) is 64.1 Å². The molecule has 1 amide bonds. The molecule has 0 atom stereocenters. The molecule has 0 radical (unpaired) electrons. The lowest BCUT2D eigenvalue weighted by Crippen LogP contribution is -2.40. The van der Waals surface area contributed by atoms with Crippen LogP contribution in [0.25, 0.3) is 0 Å². The topological polar surface area (TPSA) is 105 Å². The number of hydrogen-bond acceptors (Lipinski definition) is 6. The molecular weight excluding hydrogens is 378 g/mol. The molecule has 0 aromatic carbocycles. The first-order valence-electron chi connectivity index (χ1n) is 9.55. The zero-order chi connectivity index (χ0) is 21.0. The molecule has 1 aromatic rings. The summed E-state index contributed by atoms with van der Waals surface area (Å²) >= 11 is 1.83. The highest BCUT2D eigenvalue weighted by Gasteiger charge is 2.15. The minimum atomic E-state index is -0.485. The molecule has 0 spiro atoms. The minimum absolute atomic E-state index is 0.394. The van der Waals surface area contributed by atoms with Crippen molar-refractivity contribution in [3.63, 3.8) is 0 Å². The first-order valence-corrected chi connectivity index (χ1v) is 10.9. The van der Waals surface area contributed by atoms with Gasteiger partial charge in [-0.05, 0) is 52.5 Å². The molecule has 28 heavy (non-hydrogen) atoms. The number of guanidine groups is 1. The maximum Gasteiger partial charge on any atom is 0.407 e. The molecule has 10 heteroatoms. The van der Waals surface area contributed by atoms with Crippen LogP contribution in [0.3, 0.4) is 0 Å². The average Bonchev–Trinajstić information content (AvgIpc) is 2.92. The van der Waals surface area contributed by atoms with Crippen LogP contribution in [0.4, 0.5) is 4.79 Å². The van der Waals surface area contributed by atoms with E-state index in [1.807, 2.05) is 51.1 Å². The van der Waals surface area contributed by atoms with Gasteiger partial charge in [0.05, 0.1) is 0 Å². The van der Waals surface area contributed by atoms with Gasteiger partial charge < -0.3 is 25.3 Å². The number of hydrogen-bond donors (Lipinski definition) is 3. The predicted molar refractivity (Wildman–Crippen MR) is 115 cm³/mol. The number of nitrogens with one attached hydrogen (secondary N) is 3. The summed E-state index contributed by atoms with van der Waals surface area (Å²) in [6.07, 6.45) is 3.52. The normalized spacial score (nSPS) is 12.0. The Kier molecular flexibility index (Phi) is 10.7. The fourth-order valence-corrected chi connectivity index (χ4v) is 2.57. The smallest absolute Gasteiger partial charge is 0.407 e. The highest BCUT2D eigenvalue weighted by Crippen LogP contribution is 2.06. The number of rotatable bonds is 10. The van der Waals surface area contributed by atoms with Crippen molar-refractivity contribution in [2.45, 2.75) is 52.7 Å². The summed E-state index contributed by atoms with van der Waals surface area (Å²) in [4.78, 5) is 16.2. The highest BCUT2D eigenvalue weighted by atomic mass is 32.2. The summed E-state index contributed by atoms with van der Waals surface area (Å²) in [5.74, 6) is 3.51. The van der Waals surface area contributed by atoms with Crippen molar-refractivity contribution in [2.75, 3.05) is 31.6 Å². The van der Waals surface area contributed by atoms with E-state index in [1.165, 1.54) is 0 Å². The SMILES string of the molecule is CSCCCNC(=NCc1nnc(C)n1C)NCCCNC(=O)OC(C)(C)C. The quantitative estimate of drug-likeness (QED) is 0.305. The fourth-order valence-electron chi connectivity index (χ4n) is 2.14. The van der Waals surface area contributed by atoms with Gasteiger partial charge >= 0.3 is 6.09 Å². The van der Waals surface area contributed by atoms with Crippen LogP contribution >= 0.6 is 11.8 Å². The zero-order valence-electron chi connectivity index (χ0n) is 18.0. The van der Waals surface area contributed by atoms with Gasteiger partial charge in [0, 0.05) is 26.7 Å². The van der Waals surface area contributed by atoms with Crippen molar-refractivity contribution in [3.8, 4) is 0 Å². The molecule has 1 aromatic heterocycles. The van der Waals surface area contributed by atoms with E-state index in [0.717, 1.165) is 42.7 Å². The molecular formula is C18H35N7O2S. The molecule has 3 N–H and O–H groups in total. The van der Waals surface area contributed by atoms with E-state index >= 15 is 0 Å². The largest absolute Gasteiger partial charge is 0.444 e. The fraction of sp³-hybridized carbons (Fsp3) is 0.778. The van der Waals surface area contributed by atoms with Crippen molar-refractivity contribution in [3.05, 3.63) is 11.6 Å². The van der Waals surface area contributed by atoms with Gasteiger partial charge in [0.1, 0.15) is 18.0 Å². The van der Waals surface area contributed by atoms with E-state index in [2.05, 4.69) is 37.4 Å². The van der Waals surface area contributed by atoms with E-state index in [9.17, 15) is 4.79 Å². The minimum Gasteiger partial charge on any atom is -0.444 e. The maximum absolute atomic E-state index is 11.6. The number of alkyl carbamates (subject to hydrolysis) is 1. The number of aliphatic imine (C=N–C) groups is 1. The lowest BCUT2D eigenvalue weighted by atomic mass is 10.2. The molecule has 0 aliphatic rings. The molecule has 0 unspecified atom stereocenters. The number of aryl methyl sites for hydroxylation is 1. The summed E-state index contributed by atoms with van der Waals surface area (Å²) in [6.45, 7) is 9.96. The third kappa shape index (κ3) is 10.4. The maximum atomic E-state index is 11.6. The van der Waals surface area contributed by atoms with Gasteiger partial charge in [-0.2, -0.15) is 11.8 Å². The van der Waals surface area contributed by atoms with Crippen molar-refractivity contribution >= 4 is 23.8 Å². The summed E-state index contributed by atoms with van der Waals surface area (Å²) in [5, 5.41) is 17.6. The van der Waals surface area contributed by atoms with Crippen LogP contribution in [-0.2, 0) is 18.3 Å². The van der Waals surface area contributed by atoms with Gasteiger partial charge in [-0.3, -0.25) is 0 Å². The number of aromatic nitrogens is 3. The van der Waals surface area contributed by atoms with Crippen LogP contribution in [0.1, 0.15) is 45.3 Å². The Balaban J connectivity index is 2.43. The van der Waals surface area contributed by atoms with Crippen molar-refractivity contribution in [2.24, 2.45) is 12.0 Å². The Morgan fingerprint density at radius 1 is 1.14 bits per heavy atom. The molecule has 0 bridgehead atoms. The van der Waals surface area contributed by atoms with Gasteiger partial charge in [-0.1, -0.05) is 0 Å². The Bertz CT molecular complexity index is 626. The van der Waals surface area contributed by atoms with E-state index in [0.29, 0.717) is 19.6 Å². The van der Waals surface area contributed by atoms with Gasteiger partial charge in [0.15, 0.2) is 11.8 Å². The second-order valence-electron chi connectivity index (χ2n) is 7.37. The van der Waals surface area contributed by atoms with Crippen molar-refractivity contribution in [1.82, 2.24) is 30.7 Å².